The van der Waals surface area contributed by atoms with Gasteiger partial charge in [0.25, 0.3) is 5.69 Å². The van der Waals surface area contributed by atoms with Crippen molar-refractivity contribution in [2.24, 2.45) is 23.3 Å². The third kappa shape index (κ3) is 9.84. The molecule has 0 aliphatic heterocycles. The van der Waals surface area contributed by atoms with Crippen LogP contribution in [0, 0.1) is 22.0 Å². The third-order valence-corrected chi connectivity index (χ3v) is 5.29. The molecule has 1 aromatic rings. The summed E-state index contributed by atoms with van der Waals surface area (Å²) in [7, 11) is 0. The zero-order valence-electron chi connectivity index (χ0n) is 20.4. The summed E-state index contributed by atoms with van der Waals surface area (Å²) >= 11 is 0. The fraction of sp³-hybridized carbons (Fsp3) is 0.609. The summed E-state index contributed by atoms with van der Waals surface area (Å²) in [5.74, 6) is -1.36. The second kappa shape index (κ2) is 14.3. The van der Waals surface area contributed by atoms with Gasteiger partial charge in [0, 0.05) is 17.8 Å². The first-order chi connectivity index (χ1) is 16.0. The Morgan fingerprint density at radius 2 is 1.53 bits per heavy atom. The molecule has 0 fully saturated rings. The highest BCUT2D eigenvalue weighted by atomic mass is 16.6. The largest absolute Gasteiger partial charge is 0.343 e. The molecule has 3 atom stereocenters. The second-order valence-electron chi connectivity index (χ2n) is 9.10. The molecule has 0 aliphatic carbocycles. The predicted octanol–water partition coefficient (Wildman–Crippen LogP) is 1.66. The lowest BCUT2D eigenvalue weighted by atomic mass is 10.00. The average Bonchev–Trinajstić information content (AvgIpc) is 2.77. The maximum Gasteiger partial charge on any atom is 0.269 e. The van der Waals surface area contributed by atoms with Crippen molar-refractivity contribution < 1.29 is 19.3 Å². The van der Waals surface area contributed by atoms with Crippen LogP contribution in [0.25, 0.3) is 0 Å². The molecule has 190 valence electrons. The summed E-state index contributed by atoms with van der Waals surface area (Å²) in [4.78, 5) is 48.8. The fourth-order valence-electron chi connectivity index (χ4n) is 3.20. The van der Waals surface area contributed by atoms with Gasteiger partial charge < -0.3 is 27.4 Å². The lowest BCUT2D eigenvalue weighted by molar-refractivity contribution is -0.384. The number of amides is 3. The molecule has 0 radical (unpaired) electrons. The van der Waals surface area contributed by atoms with E-state index < -0.39 is 40.8 Å². The molecule has 0 bridgehead atoms. The van der Waals surface area contributed by atoms with Gasteiger partial charge in [-0.1, -0.05) is 27.7 Å². The lowest BCUT2D eigenvalue weighted by Crippen LogP contribution is -2.56. The molecule has 0 unspecified atom stereocenters. The van der Waals surface area contributed by atoms with E-state index in [9.17, 15) is 24.5 Å². The number of benzene rings is 1. The Bertz CT molecular complexity index is 828. The molecular formula is C23H38N6O5. The quantitative estimate of drug-likeness (QED) is 0.153. The monoisotopic (exact) mass is 478 g/mol. The zero-order valence-corrected chi connectivity index (χ0v) is 20.4. The smallest absolute Gasteiger partial charge is 0.269 e. The van der Waals surface area contributed by atoms with Crippen LogP contribution in [0.4, 0.5) is 11.4 Å². The maximum absolute atomic E-state index is 13.1. The normalized spacial score (nSPS) is 13.8. The van der Waals surface area contributed by atoms with Crippen molar-refractivity contribution in [1.82, 2.24) is 10.6 Å². The number of anilines is 1. The molecule has 11 nitrogen and oxygen atoms in total. The van der Waals surface area contributed by atoms with Gasteiger partial charge in [-0.2, -0.15) is 0 Å². The van der Waals surface area contributed by atoms with Gasteiger partial charge in [-0.25, -0.2) is 0 Å². The van der Waals surface area contributed by atoms with Crippen molar-refractivity contribution >= 4 is 29.1 Å². The van der Waals surface area contributed by atoms with Gasteiger partial charge in [-0.05, 0) is 56.2 Å². The van der Waals surface area contributed by atoms with Gasteiger partial charge in [0.2, 0.25) is 17.7 Å². The van der Waals surface area contributed by atoms with E-state index in [0.717, 1.165) is 0 Å². The van der Waals surface area contributed by atoms with Crippen LogP contribution in [0.5, 0.6) is 0 Å². The number of nitrogens with two attached hydrogens (primary N) is 2. The third-order valence-electron chi connectivity index (χ3n) is 5.29. The van der Waals surface area contributed by atoms with Gasteiger partial charge in [0.1, 0.15) is 12.1 Å². The summed E-state index contributed by atoms with van der Waals surface area (Å²) in [6, 6.07) is 2.93. The fourth-order valence-corrected chi connectivity index (χ4v) is 3.20. The van der Waals surface area contributed by atoms with E-state index >= 15 is 0 Å². The van der Waals surface area contributed by atoms with E-state index in [2.05, 4.69) is 16.0 Å². The zero-order chi connectivity index (χ0) is 25.8. The molecule has 0 spiro atoms. The topological polar surface area (TPSA) is 182 Å². The van der Waals surface area contributed by atoms with Crippen LogP contribution in [-0.2, 0) is 14.4 Å². The van der Waals surface area contributed by atoms with Gasteiger partial charge in [-0.3, -0.25) is 24.5 Å². The van der Waals surface area contributed by atoms with Crippen molar-refractivity contribution in [3.63, 3.8) is 0 Å². The van der Waals surface area contributed by atoms with E-state index in [4.69, 9.17) is 11.5 Å². The minimum atomic E-state index is -0.875. The molecule has 0 saturated heterocycles. The summed E-state index contributed by atoms with van der Waals surface area (Å²) in [5.41, 5.74) is 11.8. The molecule has 1 rings (SSSR count). The molecule has 0 saturated carbocycles. The van der Waals surface area contributed by atoms with Crippen LogP contribution in [0.15, 0.2) is 24.3 Å². The molecule has 34 heavy (non-hydrogen) atoms. The van der Waals surface area contributed by atoms with E-state index in [1.165, 1.54) is 24.3 Å². The number of carbonyl (C=O) groups excluding carboxylic acids is 3. The second-order valence-corrected chi connectivity index (χ2v) is 9.10. The molecule has 0 aromatic heterocycles. The highest BCUT2D eigenvalue weighted by Gasteiger charge is 2.29. The van der Waals surface area contributed by atoms with E-state index in [-0.39, 0.29) is 17.5 Å². The maximum atomic E-state index is 13.1. The molecule has 1 aromatic carbocycles. The first-order valence-electron chi connectivity index (χ1n) is 11.6. The number of nitrogens with one attached hydrogen (secondary N) is 3. The van der Waals surface area contributed by atoms with Crippen LogP contribution in [-0.4, -0.2) is 47.3 Å². The van der Waals surface area contributed by atoms with Gasteiger partial charge >= 0.3 is 0 Å². The van der Waals surface area contributed by atoms with Crippen molar-refractivity contribution in [3.8, 4) is 0 Å². The van der Waals surface area contributed by atoms with Gasteiger partial charge in [0.05, 0.1) is 11.0 Å². The Balaban J connectivity index is 2.97. The number of nitrogens with zero attached hydrogens (tertiary/aromatic N) is 1. The summed E-state index contributed by atoms with van der Waals surface area (Å²) in [5, 5.41) is 19.0. The number of hydrogen-bond acceptors (Lipinski definition) is 7. The number of carbonyl (C=O) groups is 3. The average molecular weight is 479 g/mol. The number of unbranched alkanes of at least 4 members (excludes halogenated alkanes) is 1. The van der Waals surface area contributed by atoms with Crippen LogP contribution >= 0.6 is 0 Å². The van der Waals surface area contributed by atoms with Gasteiger partial charge in [-0.15, -0.1) is 0 Å². The molecule has 11 heteroatoms. The van der Waals surface area contributed by atoms with E-state index in [0.29, 0.717) is 37.9 Å². The predicted molar refractivity (Wildman–Crippen MR) is 131 cm³/mol. The summed E-state index contributed by atoms with van der Waals surface area (Å²) in [6.45, 7) is 7.93. The highest BCUT2D eigenvalue weighted by Crippen LogP contribution is 2.16. The number of hydrogen-bond donors (Lipinski definition) is 5. The van der Waals surface area contributed by atoms with Crippen molar-refractivity contribution in [2.75, 3.05) is 11.9 Å². The Kier molecular flexibility index (Phi) is 12.2. The number of nitro benzene ring substituents is 1. The SMILES string of the molecule is CC(C)C[C@H](NC(=O)[C@@H](N)C(C)C)C(=O)N[C@@H](CCCCN)C(=O)Nc1ccc([N+](=O)[O-])cc1. The number of non-ortho nitro benzene ring substituents is 1. The molecule has 0 heterocycles. The molecule has 3 amide bonds. The Hall–Kier alpha value is -3.05. The Morgan fingerprint density at radius 3 is 2.03 bits per heavy atom. The van der Waals surface area contributed by atoms with Crippen molar-refractivity contribution in [2.45, 2.75) is 71.5 Å². The molecule has 0 aliphatic rings. The minimum Gasteiger partial charge on any atom is -0.343 e. The highest BCUT2D eigenvalue weighted by molar-refractivity contribution is 5.98. The summed E-state index contributed by atoms with van der Waals surface area (Å²) in [6.07, 6.45) is 2.00. The van der Waals surface area contributed by atoms with Crippen LogP contribution in [0.2, 0.25) is 0 Å². The minimum absolute atomic E-state index is 0.0979. The van der Waals surface area contributed by atoms with Crippen LogP contribution in [0.3, 0.4) is 0 Å². The number of nitro groups is 1. The van der Waals surface area contributed by atoms with E-state index in [1.54, 1.807) is 0 Å². The first-order valence-corrected chi connectivity index (χ1v) is 11.6. The van der Waals surface area contributed by atoms with Crippen molar-refractivity contribution in [3.05, 3.63) is 34.4 Å². The number of rotatable bonds is 14. The standard InChI is InChI=1S/C23H38N6O5/c1-14(2)13-19(28-23(32)20(25)15(3)4)22(31)27-18(7-5-6-12-24)21(30)26-16-8-10-17(11-9-16)29(33)34/h8-11,14-15,18-20H,5-7,12-13,24-25H2,1-4H3,(H,26,30)(H,27,31)(H,28,32)/t18-,19-,20-/m0/s1. The Labute approximate surface area is 200 Å². The summed E-state index contributed by atoms with van der Waals surface area (Å²) < 4.78 is 0. The van der Waals surface area contributed by atoms with Crippen molar-refractivity contribution in [1.29, 1.82) is 0 Å². The van der Waals surface area contributed by atoms with Gasteiger partial charge in [0.15, 0.2) is 0 Å². The lowest BCUT2D eigenvalue weighted by Gasteiger charge is -2.26. The molecular weight excluding hydrogens is 440 g/mol. The molecule has 7 N–H and O–H groups in total. The van der Waals surface area contributed by atoms with Crippen LogP contribution < -0.4 is 27.4 Å². The first kappa shape index (κ1) is 29.0. The Morgan fingerprint density at radius 1 is 0.941 bits per heavy atom. The van der Waals surface area contributed by atoms with Crippen LogP contribution in [0.1, 0.15) is 53.4 Å². The van der Waals surface area contributed by atoms with E-state index in [1.807, 2.05) is 27.7 Å².